The number of ether oxygens (including phenoxy) is 1. The van der Waals surface area contributed by atoms with Gasteiger partial charge < -0.3 is 20.5 Å². The lowest BCUT2D eigenvalue weighted by Gasteiger charge is -2.31. The van der Waals surface area contributed by atoms with Crippen molar-refractivity contribution in [2.45, 2.75) is 39.5 Å². The zero-order valence-electron chi connectivity index (χ0n) is 18.5. The van der Waals surface area contributed by atoms with E-state index in [9.17, 15) is 0 Å². The Morgan fingerprint density at radius 1 is 1.39 bits per heavy atom. The summed E-state index contributed by atoms with van der Waals surface area (Å²) in [4.78, 5) is 17.8. The highest BCUT2D eigenvalue weighted by Crippen LogP contribution is 2.29. The van der Waals surface area contributed by atoms with Crippen molar-refractivity contribution in [1.29, 1.82) is 0 Å². The lowest BCUT2D eigenvalue weighted by atomic mass is 9.83. The van der Waals surface area contributed by atoms with E-state index in [0.717, 1.165) is 36.8 Å². The van der Waals surface area contributed by atoms with Crippen LogP contribution >= 0.6 is 0 Å². The number of anilines is 1. The molecule has 0 bridgehead atoms. The van der Waals surface area contributed by atoms with Crippen LogP contribution < -0.4 is 10.6 Å². The molecule has 0 aliphatic carbocycles. The number of aliphatic imine (C=N–C) groups is 3. The van der Waals surface area contributed by atoms with Gasteiger partial charge in [0.2, 0.25) is 0 Å². The molecule has 2 rings (SSSR count). The fraction of sp³-hybridized carbons (Fsp3) is 0.478. The molecule has 0 saturated heterocycles. The normalized spacial score (nSPS) is 19.0. The van der Waals surface area contributed by atoms with Crippen LogP contribution in [-0.2, 0) is 4.74 Å². The maximum absolute atomic E-state index is 8.91. The summed E-state index contributed by atoms with van der Waals surface area (Å²) >= 11 is 0. The second-order valence-electron chi connectivity index (χ2n) is 7.32. The number of aromatic nitrogens is 1. The van der Waals surface area contributed by atoms with Crippen LogP contribution in [0.3, 0.4) is 0 Å². The van der Waals surface area contributed by atoms with Crippen LogP contribution in [0, 0.1) is 5.41 Å². The molecule has 1 aliphatic heterocycles. The summed E-state index contributed by atoms with van der Waals surface area (Å²) in [6.07, 6.45) is 9.90. The Bertz CT molecular complexity index is 804. The molecule has 1 aromatic rings. The number of pyridine rings is 1. The molecule has 168 valence electrons. The van der Waals surface area contributed by atoms with Crippen LogP contribution in [0.15, 0.2) is 64.4 Å². The van der Waals surface area contributed by atoms with E-state index in [1.165, 1.54) is 6.20 Å². The van der Waals surface area contributed by atoms with Gasteiger partial charge in [-0.25, -0.2) is 15.0 Å². The van der Waals surface area contributed by atoms with Gasteiger partial charge in [0.15, 0.2) is 5.90 Å². The highest BCUT2D eigenvalue weighted by atomic mass is 16.5. The van der Waals surface area contributed by atoms with Gasteiger partial charge in [0.05, 0.1) is 18.6 Å². The molecular weight excluding hydrogens is 392 g/mol. The number of aliphatic hydroxyl groups excluding tert-OH is 1. The molecule has 8 heteroatoms. The van der Waals surface area contributed by atoms with E-state index < -0.39 is 5.41 Å². The topological polar surface area (TPSA) is 103 Å². The molecule has 0 amide bonds. The molecular formula is C23H34N6O2. The Balaban J connectivity index is 1.96. The van der Waals surface area contributed by atoms with Crippen LogP contribution in [-0.4, -0.2) is 54.0 Å². The number of nitrogens with one attached hydrogen (secondary N) is 2. The Labute approximate surface area is 185 Å². The molecule has 0 radical (unpaired) electrons. The quantitative estimate of drug-likeness (QED) is 0.285. The molecule has 1 atom stereocenters. The first kappa shape index (κ1) is 24.3. The molecule has 1 aliphatic rings. The minimum absolute atomic E-state index is 0.171. The van der Waals surface area contributed by atoms with Gasteiger partial charge in [-0.2, -0.15) is 0 Å². The Morgan fingerprint density at radius 2 is 2.26 bits per heavy atom. The van der Waals surface area contributed by atoms with Crippen LogP contribution in [0.5, 0.6) is 0 Å². The van der Waals surface area contributed by atoms with Gasteiger partial charge in [-0.1, -0.05) is 25.6 Å². The third-order valence-electron chi connectivity index (χ3n) is 4.74. The Kier molecular flexibility index (Phi) is 10.4. The molecule has 0 spiro atoms. The Morgan fingerprint density at radius 3 is 2.97 bits per heavy atom. The van der Waals surface area contributed by atoms with Crippen LogP contribution in [0.1, 0.15) is 39.5 Å². The van der Waals surface area contributed by atoms with Gasteiger partial charge >= 0.3 is 0 Å². The second-order valence-corrected chi connectivity index (χ2v) is 7.32. The summed E-state index contributed by atoms with van der Waals surface area (Å²) in [7, 11) is 0. The zero-order chi connectivity index (χ0) is 22.4. The average molecular weight is 427 g/mol. The van der Waals surface area contributed by atoms with Crippen molar-refractivity contribution in [3.63, 3.8) is 0 Å². The van der Waals surface area contributed by atoms with Crippen molar-refractivity contribution in [2.75, 3.05) is 31.6 Å². The van der Waals surface area contributed by atoms with Crippen LogP contribution in [0.4, 0.5) is 5.82 Å². The summed E-state index contributed by atoms with van der Waals surface area (Å²) in [6, 6.07) is 5.76. The maximum Gasteiger partial charge on any atom is 0.189 e. The average Bonchev–Trinajstić information content (AvgIpc) is 2.79. The lowest BCUT2D eigenvalue weighted by Crippen LogP contribution is -2.43. The summed E-state index contributed by atoms with van der Waals surface area (Å²) in [5.74, 6) is 3.11. The molecule has 8 nitrogen and oxygen atoms in total. The van der Waals surface area contributed by atoms with Crippen molar-refractivity contribution in [1.82, 2.24) is 10.3 Å². The minimum Gasteiger partial charge on any atom is -0.481 e. The second kappa shape index (κ2) is 13.3. The molecule has 0 aromatic carbocycles. The van der Waals surface area contributed by atoms with Gasteiger partial charge in [-0.3, -0.25) is 4.99 Å². The maximum atomic E-state index is 8.91. The largest absolute Gasteiger partial charge is 0.481 e. The third kappa shape index (κ3) is 8.33. The number of unbranched alkanes of at least 4 members (excludes halogenated alkanes) is 1. The SMILES string of the molecule is C=CN=C(NC(CC)=NCCNc1ccccn1)C1(C)C=CN=C(OCCCCO)C1. The summed E-state index contributed by atoms with van der Waals surface area (Å²) < 4.78 is 5.80. The highest BCUT2D eigenvalue weighted by molar-refractivity contribution is 6.06. The van der Waals surface area contributed by atoms with Crippen molar-refractivity contribution in [3.8, 4) is 0 Å². The minimum atomic E-state index is -0.412. The number of nitrogens with zero attached hydrogens (tertiary/aromatic N) is 4. The number of amidine groups is 2. The number of hydrogen-bond donors (Lipinski definition) is 3. The van der Waals surface area contributed by atoms with Crippen LogP contribution in [0.25, 0.3) is 0 Å². The van der Waals surface area contributed by atoms with Gasteiger partial charge in [-0.15, -0.1) is 0 Å². The number of aliphatic hydroxyl groups is 1. The molecule has 3 N–H and O–H groups in total. The van der Waals surface area contributed by atoms with E-state index in [1.54, 1.807) is 12.4 Å². The summed E-state index contributed by atoms with van der Waals surface area (Å²) in [6.45, 7) is 9.91. The fourth-order valence-corrected chi connectivity index (χ4v) is 2.99. The van der Waals surface area contributed by atoms with E-state index in [2.05, 4.69) is 51.0 Å². The first-order valence-electron chi connectivity index (χ1n) is 10.7. The van der Waals surface area contributed by atoms with Crippen LogP contribution in [0.2, 0.25) is 0 Å². The predicted molar refractivity (Wildman–Crippen MR) is 128 cm³/mol. The van der Waals surface area contributed by atoms with E-state index in [1.807, 2.05) is 24.3 Å². The third-order valence-corrected chi connectivity index (χ3v) is 4.74. The predicted octanol–water partition coefficient (Wildman–Crippen LogP) is 3.54. The molecule has 2 heterocycles. The molecule has 1 unspecified atom stereocenters. The van der Waals surface area contributed by atoms with Crippen molar-refractivity contribution >= 4 is 23.4 Å². The molecule has 1 aromatic heterocycles. The van der Waals surface area contributed by atoms with Crippen molar-refractivity contribution < 1.29 is 9.84 Å². The smallest absolute Gasteiger partial charge is 0.189 e. The standard InChI is InChI=1S/C23H34N6O2/c1-4-19(26-14-15-27-20-10-6-7-12-25-20)29-22(24-5-2)23(3)11-13-28-21(18-23)31-17-9-8-16-30/h5-7,10-13,30H,2,4,8-9,14-18H2,1,3H3,(H,25,27)(H,24,26,29). The lowest BCUT2D eigenvalue weighted by molar-refractivity contribution is 0.241. The summed E-state index contributed by atoms with van der Waals surface area (Å²) in [5.41, 5.74) is -0.412. The number of rotatable bonds is 11. The molecule has 31 heavy (non-hydrogen) atoms. The van der Waals surface area contributed by atoms with E-state index in [0.29, 0.717) is 32.0 Å². The van der Waals surface area contributed by atoms with E-state index >= 15 is 0 Å². The highest BCUT2D eigenvalue weighted by Gasteiger charge is 2.33. The van der Waals surface area contributed by atoms with Gasteiger partial charge in [-0.05, 0) is 31.9 Å². The zero-order valence-corrected chi connectivity index (χ0v) is 18.5. The van der Waals surface area contributed by atoms with Gasteiger partial charge in [0, 0.05) is 44.6 Å². The monoisotopic (exact) mass is 426 g/mol. The van der Waals surface area contributed by atoms with Gasteiger partial charge in [0.1, 0.15) is 17.5 Å². The van der Waals surface area contributed by atoms with Crippen molar-refractivity contribution in [2.24, 2.45) is 20.4 Å². The number of hydrogen-bond acceptors (Lipinski definition) is 7. The van der Waals surface area contributed by atoms with E-state index in [-0.39, 0.29) is 6.61 Å². The Hall–Kier alpha value is -3.00. The first-order valence-corrected chi connectivity index (χ1v) is 10.7. The molecule has 0 saturated carbocycles. The van der Waals surface area contributed by atoms with E-state index in [4.69, 9.17) is 9.84 Å². The van der Waals surface area contributed by atoms with Gasteiger partial charge in [0.25, 0.3) is 0 Å². The summed E-state index contributed by atoms with van der Waals surface area (Å²) in [5, 5.41) is 15.6. The van der Waals surface area contributed by atoms with Crippen molar-refractivity contribution in [3.05, 3.63) is 49.5 Å². The fourth-order valence-electron chi connectivity index (χ4n) is 2.99. The molecule has 0 fully saturated rings. The first-order chi connectivity index (χ1) is 15.1.